The number of rotatable bonds is 3. The van der Waals surface area contributed by atoms with Crippen molar-refractivity contribution in [2.24, 2.45) is 5.92 Å². The van der Waals surface area contributed by atoms with Crippen LogP contribution >= 0.6 is 0 Å². The molecule has 1 amide bonds. The minimum atomic E-state index is -0.936. The first-order valence-electron chi connectivity index (χ1n) is 10.5. The average molecular weight is 397 g/mol. The summed E-state index contributed by atoms with van der Waals surface area (Å²) in [4.78, 5) is 27.1. The molecule has 2 fully saturated rings. The third-order valence-electron chi connectivity index (χ3n) is 6.79. The number of aromatic nitrogens is 2. The lowest BCUT2D eigenvalue weighted by atomic mass is 9.84. The highest BCUT2D eigenvalue weighted by atomic mass is 19.1. The molecule has 1 saturated carbocycles. The maximum absolute atomic E-state index is 13.8. The fourth-order valence-corrected chi connectivity index (χ4v) is 5.53. The molecular weight excluding hydrogens is 373 g/mol. The number of likely N-dealkylation sites (tertiary alicyclic amines) is 1. The standard InChI is InChI=1S/C22H24FN3O3/c23-14-6-3-7-15(12-14)26-18-10-4-8-16(18)20(24-26)21(27)25-17-9-2-1-5-13(17)11-19(25)22(28)29/h3,6-7,12-13,17,19H,1-2,4-5,8-11H2,(H,28,29). The van der Waals surface area contributed by atoms with Crippen molar-refractivity contribution in [2.75, 3.05) is 0 Å². The number of amides is 1. The zero-order chi connectivity index (χ0) is 20.1. The molecule has 3 aliphatic rings. The predicted molar refractivity (Wildman–Crippen MR) is 104 cm³/mol. The third kappa shape index (κ3) is 2.94. The van der Waals surface area contributed by atoms with E-state index in [0.717, 1.165) is 56.2 Å². The fraction of sp³-hybridized carbons (Fsp3) is 0.500. The number of hydrogen-bond acceptors (Lipinski definition) is 3. The molecule has 1 aliphatic heterocycles. The van der Waals surface area contributed by atoms with Gasteiger partial charge < -0.3 is 10.0 Å². The molecular formula is C22H24FN3O3. The van der Waals surface area contributed by atoms with E-state index in [-0.39, 0.29) is 23.7 Å². The number of carbonyl (C=O) groups is 2. The molecule has 152 valence electrons. The Morgan fingerprint density at radius 3 is 2.76 bits per heavy atom. The second-order valence-corrected chi connectivity index (χ2v) is 8.43. The molecule has 1 saturated heterocycles. The molecule has 5 rings (SSSR count). The van der Waals surface area contributed by atoms with Crippen molar-refractivity contribution in [2.45, 2.75) is 63.5 Å². The highest BCUT2D eigenvalue weighted by Crippen LogP contribution is 2.41. The minimum absolute atomic E-state index is 0.0197. The molecule has 1 aromatic heterocycles. The summed E-state index contributed by atoms with van der Waals surface area (Å²) in [6.45, 7) is 0. The maximum Gasteiger partial charge on any atom is 0.326 e. The number of fused-ring (bicyclic) bond motifs is 2. The summed E-state index contributed by atoms with van der Waals surface area (Å²) in [6.07, 6.45) is 6.91. The first kappa shape index (κ1) is 18.3. The molecule has 2 heterocycles. The lowest BCUT2D eigenvalue weighted by molar-refractivity contribution is -0.141. The molecule has 3 unspecified atom stereocenters. The van der Waals surface area contributed by atoms with E-state index in [2.05, 4.69) is 5.10 Å². The summed E-state index contributed by atoms with van der Waals surface area (Å²) in [5.41, 5.74) is 2.76. The summed E-state index contributed by atoms with van der Waals surface area (Å²) in [5, 5.41) is 14.4. The van der Waals surface area contributed by atoms with E-state index in [4.69, 9.17) is 0 Å². The molecule has 6 nitrogen and oxygen atoms in total. The van der Waals surface area contributed by atoms with Crippen molar-refractivity contribution < 1.29 is 19.1 Å². The fourth-order valence-electron chi connectivity index (χ4n) is 5.53. The zero-order valence-electron chi connectivity index (χ0n) is 16.2. The van der Waals surface area contributed by atoms with Crippen molar-refractivity contribution in [3.05, 3.63) is 47.0 Å². The average Bonchev–Trinajstić information content (AvgIpc) is 3.40. The van der Waals surface area contributed by atoms with Gasteiger partial charge >= 0.3 is 5.97 Å². The van der Waals surface area contributed by atoms with Crippen LogP contribution in [0.2, 0.25) is 0 Å². The molecule has 0 radical (unpaired) electrons. The number of halogens is 1. The van der Waals surface area contributed by atoms with Crippen LogP contribution in [-0.2, 0) is 17.6 Å². The van der Waals surface area contributed by atoms with Gasteiger partial charge in [-0.1, -0.05) is 18.9 Å². The van der Waals surface area contributed by atoms with Gasteiger partial charge in [-0.2, -0.15) is 5.10 Å². The van der Waals surface area contributed by atoms with Gasteiger partial charge in [-0.25, -0.2) is 13.9 Å². The predicted octanol–water partition coefficient (Wildman–Crippen LogP) is 3.36. The molecule has 2 aliphatic carbocycles. The highest BCUT2D eigenvalue weighted by Gasteiger charge is 2.48. The van der Waals surface area contributed by atoms with Crippen LogP contribution in [0.5, 0.6) is 0 Å². The Hall–Kier alpha value is -2.70. The second kappa shape index (κ2) is 6.97. The van der Waals surface area contributed by atoms with Gasteiger partial charge in [-0.3, -0.25) is 4.79 Å². The molecule has 0 bridgehead atoms. The van der Waals surface area contributed by atoms with Gasteiger partial charge in [-0.15, -0.1) is 0 Å². The maximum atomic E-state index is 13.8. The van der Waals surface area contributed by atoms with Crippen LogP contribution in [0.1, 0.15) is 60.3 Å². The van der Waals surface area contributed by atoms with E-state index >= 15 is 0 Å². The number of carboxylic acid groups (broad SMARTS) is 1. The van der Waals surface area contributed by atoms with E-state index in [9.17, 15) is 19.1 Å². The number of benzene rings is 1. The number of aliphatic carboxylic acids is 1. The summed E-state index contributed by atoms with van der Waals surface area (Å²) in [7, 11) is 0. The van der Waals surface area contributed by atoms with Crippen LogP contribution in [0.3, 0.4) is 0 Å². The van der Waals surface area contributed by atoms with Crippen molar-refractivity contribution in [1.29, 1.82) is 0 Å². The Morgan fingerprint density at radius 1 is 1.14 bits per heavy atom. The summed E-state index contributed by atoms with van der Waals surface area (Å²) in [5.74, 6) is -1.31. The molecule has 3 atom stereocenters. The third-order valence-corrected chi connectivity index (χ3v) is 6.79. The van der Waals surface area contributed by atoms with Crippen molar-refractivity contribution in [3.8, 4) is 5.69 Å². The van der Waals surface area contributed by atoms with Gasteiger partial charge in [0.1, 0.15) is 11.9 Å². The Morgan fingerprint density at radius 2 is 1.97 bits per heavy atom. The van der Waals surface area contributed by atoms with Crippen LogP contribution in [0.25, 0.3) is 5.69 Å². The molecule has 1 N–H and O–H groups in total. The van der Waals surface area contributed by atoms with E-state index in [1.165, 1.54) is 12.1 Å². The van der Waals surface area contributed by atoms with E-state index in [1.807, 2.05) is 0 Å². The van der Waals surface area contributed by atoms with Gasteiger partial charge in [0, 0.05) is 17.3 Å². The summed E-state index contributed by atoms with van der Waals surface area (Å²) >= 11 is 0. The van der Waals surface area contributed by atoms with Gasteiger partial charge in [-0.05, 0) is 62.6 Å². The molecule has 2 aromatic rings. The smallest absolute Gasteiger partial charge is 0.326 e. The normalized spacial score (nSPS) is 25.7. The SMILES string of the molecule is O=C(O)C1CC2CCCCC2N1C(=O)c1nn(-c2cccc(F)c2)c2c1CCC2. The van der Waals surface area contributed by atoms with E-state index in [0.29, 0.717) is 17.8 Å². The number of carboxylic acids is 1. The molecule has 0 spiro atoms. The van der Waals surface area contributed by atoms with Crippen molar-refractivity contribution in [1.82, 2.24) is 14.7 Å². The van der Waals surface area contributed by atoms with E-state index in [1.54, 1.807) is 21.7 Å². The van der Waals surface area contributed by atoms with Crippen LogP contribution < -0.4 is 0 Å². The Labute approximate surface area is 168 Å². The van der Waals surface area contributed by atoms with Crippen LogP contribution in [-0.4, -0.2) is 43.7 Å². The largest absolute Gasteiger partial charge is 0.480 e. The van der Waals surface area contributed by atoms with Crippen LogP contribution in [0.4, 0.5) is 4.39 Å². The summed E-state index contributed by atoms with van der Waals surface area (Å²) in [6, 6.07) is 5.39. The lowest BCUT2D eigenvalue weighted by Crippen LogP contribution is -2.46. The number of nitrogens with zero attached hydrogens (tertiary/aromatic N) is 3. The van der Waals surface area contributed by atoms with Gasteiger partial charge in [0.15, 0.2) is 5.69 Å². The van der Waals surface area contributed by atoms with Crippen LogP contribution in [0, 0.1) is 11.7 Å². The van der Waals surface area contributed by atoms with Gasteiger partial charge in [0.05, 0.1) is 5.69 Å². The van der Waals surface area contributed by atoms with E-state index < -0.39 is 12.0 Å². The summed E-state index contributed by atoms with van der Waals surface area (Å²) < 4.78 is 15.4. The topological polar surface area (TPSA) is 75.4 Å². The second-order valence-electron chi connectivity index (χ2n) is 8.43. The lowest BCUT2D eigenvalue weighted by Gasteiger charge is -2.32. The number of hydrogen-bond donors (Lipinski definition) is 1. The van der Waals surface area contributed by atoms with Gasteiger partial charge in [0.25, 0.3) is 5.91 Å². The molecule has 29 heavy (non-hydrogen) atoms. The zero-order valence-corrected chi connectivity index (χ0v) is 16.2. The Balaban J connectivity index is 1.56. The first-order valence-corrected chi connectivity index (χ1v) is 10.5. The monoisotopic (exact) mass is 397 g/mol. The molecule has 7 heteroatoms. The number of carbonyl (C=O) groups excluding carboxylic acids is 1. The van der Waals surface area contributed by atoms with Gasteiger partial charge in [0.2, 0.25) is 0 Å². The van der Waals surface area contributed by atoms with Crippen molar-refractivity contribution in [3.63, 3.8) is 0 Å². The van der Waals surface area contributed by atoms with Crippen LogP contribution in [0.15, 0.2) is 24.3 Å². The minimum Gasteiger partial charge on any atom is -0.480 e. The Kier molecular flexibility index (Phi) is 4.41. The molecule has 1 aromatic carbocycles. The van der Waals surface area contributed by atoms with Crippen molar-refractivity contribution >= 4 is 11.9 Å². The Bertz CT molecular complexity index is 986. The highest BCUT2D eigenvalue weighted by molar-refractivity contribution is 5.97. The quantitative estimate of drug-likeness (QED) is 0.862. The first-order chi connectivity index (χ1) is 14.0.